The SMILES string of the molecule is CC(=O)OCC1=C(C(=O)[O-])N2C(=O)[C@@H](NC(=O)Cc3cccs3)[C@H]2SC1.[K+]. The maximum Gasteiger partial charge on any atom is 1.00 e. The first-order valence-electron chi connectivity index (χ1n) is 7.71. The maximum atomic E-state index is 12.4. The summed E-state index contributed by atoms with van der Waals surface area (Å²) in [5.74, 6) is -2.59. The molecule has 0 aromatic carbocycles. The van der Waals surface area contributed by atoms with E-state index in [0.717, 1.165) is 9.78 Å². The van der Waals surface area contributed by atoms with Gasteiger partial charge in [-0.15, -0.1) is 23.1 Å². The minimum atomic E-state index is -1.51. The quantitative estimate of drug-likeness (QED) is 0.278. The Morgan fingerprint density at radius 2 is 2.15 bits per heavy atom. The molecule has 0 unspecified atom stereocenters. The van der Waals surface area contributed by atoms with Crippen molar-refractivity contribution in [3.63, 3.8) is 0 Å². The number of fused-ring (bicyclic) bond motifs is 1. The molecule has 0 aliphatic carbocycles. The Morgan fingerprint density at radius 3 is 2.74 bits per heavy atom. The summed E-state index contributed by atoms with van der Waals surface area (Å²) in [4.78, 5) is 48.9. The number of rotatable bonds is 6. The Morgan fingerprint density at radius 1 is 1.41 bits per heavy atom. The number of thioether (sulfide) groups is 1. The first-order chi connectivity index (χ1) is 12.4. The van der Waals surface area contributed by atoms with Gasteiger partial charge in [-0.2, -0.15) is 0 Å². The predicted molar refractivity (Wildman–Crippen MR) is 91.7 cm³/mol. The number of ether oxygens (including phenoxy) is 1. The van der Waals surface area contributed by atoms with Crippen molar-refractivity contribution < 1.29 is 80.4 Å². The van der Waals surface area contributed by atoms with Gasteiger partial charge in [0.15, 0.2) is 0 Å². The van der Waals surface area contributed by atoms with Crippen LogP contribution in [0.3, 0.4) is 0 Å². The van der Waals surface area contributed by atoms with Crippen LogP contribution < -0.4 is 61.8 Å². The molecule has 0 radical (unpaired) electrons. The normalized spacial score (nSPS) is 20.9. The fraction of sp³-hybridized carbons (Fsp3) is 0.375. The van der Waals surface area contributed by atoms with Crippen molar-refractivity contribution in [3.05, 3.63) is 33.7 Å². The third-order valence-electron chi connectivity index (χ3n) is 3.92. The number of aliphatic carboxylic acids is 1. The molecule has 11 heteroatoms. The van der Waals surface area contributed by atoms with Gasteiger partial charge in [-0.1, -0.05) is 6.07 Å². The fourth-order valence-corrected chi connectivity index (χ4v) is 4.80. The van der Waals surface area contributed by atoms with E-state index in [2.05, 4.69) is 5.32 Å². The third-order valence-corrected chi connectivity index (χ3v) is 6.14. The van der Waals surface area contributed by atoms with Crippen molar-refractivity contribution >= 4 is 46.9 Å². The molecular formula is C16H15KN2O6S2. The van der Waals surface area contributed by atoms with Gasteiger partial charge in [0, 0.05) is 23.1 Å². The number of carboxylic acids is 1. The van der Waals surface area contributed by atoms with Crippen molar-refractivity contribution in [1.82, 2.24) is 10.2 Å². The Balaban J connectivity index is 0.00000261. The zero-order chi connectivity index (χ0) is 18.8. The van der Waals surface area contributed by atoms with Crippen molar-refractivity contribution in [2.75, 3.05) is 12.4 Å². The van der Waals surface area contributed by atoms with E-state index >= 15 is 0 Å². The van der Waals surface area contributed by atoms with Crippen LogP contribution in [0.4, 0.5) is 0 Å². The largest absolute Gasteiger partial charge is 1.00 e. The van der Waals surface area contributed by atoms with Crippen LogP contribution in [0.25, 0.3) is 0 Å². The minimum absolute atomic E-state index is 0. The number of hydrogen-bond acceptors (Lipinski definition) is 8. The zero-order valence-corrected chi connectivity index (χ0v) is 19.5. The number of carboxylic acid groups (broad SMARTS) is 1. The predicted octanol–water partition coefficient (Wildman–Crippen LogP) is -3.74. The summed E-state index contributed by atoms with van der Waals surface area (Å²) in [6.07, 6.45) is 0.166. The van der Waals surface area contributed by atoms with Gasteiger partial charge in [-0.05, 0) is 11.4 Å². The molecule has 2 amide bonds. The number of esters is 1. The Kier molecular flexibility index (Phi) is 8.10. The molecule has 2 aliphatic heterocycles. The number of nitrogens with zero attached hydrogens (tertiary/aromatic N) is 1. The van der Waals surface area contributed by atoms with Crippen LogP contribution >= 0.6 is 23.1 Å². The number of hydrogen-bond donors (Lipinski definition) is 1. The molecule has 1 fully saturated rings. The first kappa shape index (κ1) is 22.6. The summed E-state index contributed by atoms with van der Waals surface area (Å²) < 4.78 is 4.85. The second-order valence-electron chi connectivity index (χ2n) is 5.73. The van der Waals surface area contributed by atoms with E-state index in [0.29, 0.717) is 5.57 Å². The Bertz CT molecular complexity index is 795. The van der Waals surface area contributed by atoms with Gasteiger partial charge in [-0.3, -0.25) is 19.3 Å². The summed E-state index contributed by atoms with van der Waals surface area (Å²) in [5.41, 5.74) is 0.0296. The molecule has 0 saturated carbocycles. The molecule has 0 spiro atoms. The van der Waals surface area contributed by atoms with Crippen LogP contribution in [-0.4, -0.2) is 52.4 Å². The molecule has 1 aromatic rings. The number of carbonyl (C=O) groups is 4. The van der Waals surface area contributed by atoms with Crippen molar-refractivity contribution in [2.45, 2.75) is 24.8 Å². The van der Waals surface area contributed by atoms with Gasteiger partial charge in [0.05, 0.1) is 18.1 Å². The molecule has 1 aromatic heterocycles. The van der Waals surface area contributed by atoms with E-state index in [-0.39, 0.29) is 81.8 Å². The molecule has 3 heterocycles. The number of thiophene rings is 1. The second kappa shape index (κ2) is 9.68. The van der Waals surface area contributed by atoms with Gasteiger partial charge in [0.2, 0.25) is 5.91 Å². The smallest absolute Gasteiger partial charge is 0.543 e. The van der Waals surface area contributed by atoms with Crippen molar-refractivity contribution in [1.29, 1.82) is 0 Å². The fourth-order valence-electron chi connectivity index (χ4n) is 2.77. The van der Waals surface area contributed by atoms with Crippen LogP contribution in [0.5, 0.6) is 0 Å². The number of β-lactam (4-membered cyclic amide) rings is 1. The van der Waals surface area contributed by atoms with E-state index in [1.807, 2.05) is 17.5 Å². The average molecular weight is 435 g/mol. The van der Waals surface area contributed by atoms with Crippen molar-refractivity contribution in [2.24, 2.45) is 0 Å². The molecular weight excluding hydrogens is 419 g/mol. The van der Waals surface area contributed by atoms with Crippen molar-refractivity contribution in [3.8, 4) is 0 Å². The van der Waals surface area contributed by atoms with Gasteiger partial charge in [0.25, 0.3) is 5.91 Å². The van der Waals surface area contributed by atoms with E-state index in [9.17, 15) is 24.3 Å². The molecule has 1 saturated heterocycles. The number of amides is 2. The molecule has 1 N–H and O–H groups in total. The van der Waals surface area contributed by atoms with Crippen LogP contribution in [-0.2, 0) is 30.3 Å². The number of carbonyl (C=O) groups excluding carboxylic acids is 4. The summed E-state index contributed by atoms with van der Waals surface area (Å²) in [7, 11) is 0. The van der Waals surface area contributed by atoms with Crippen LogP contribution in [0, 0.1) is 0 Å². The molecule has 2 atom stereocenters. The van der Waals surface area contributed by atoms with Crippen LogP contribution in [0.1, 0.15) is 11.8 Å². The summed E-state index contributed by atoms with van der Waals surface area (Å²) >= 11 is 2.75. The molecule has 27 heavy (non-hydrogen) atoms. The van der Waals surface area contributed by atoms with Crippen LogP contribution in [0.2, 0.25) is 0 Å². The van der Waals surface area contributed by atoms with Gasteiger partial charge < -0.3 is 20.0 Å². The molecule has 2 aliphatic rings. The topological polar surface area (TPSA) is 116 Å². The third kappa shape index (κ3) is 5.02. The molecule has 8 nitrogen and oxygen atoms in total. The van der Waals surface area contributed by atoms with Gasteiger partial charge in [0.1, 0.15) is 18.0 Å². The standard InChI is InChI=1S/C16H16N2O6S2.K/c1-8(19)24-6-9-7-26-15-12(14(21)18(15)13(9)16(22)23)17-11(20)5-10-3-2-4-25-10;/h2-4,12,15H,5-7H2,1H3,(H,17,20)(H,22,23);/q;+1/p-1/t12-,15-;/m1./s1. The average Bonchev–Trinajstić information content (AvgIpc) is 3.09. The van der Waals surface area contributed by atoms with Gasteiger partial charge in [-0.25, -0.2) is 0 Å². The van der Waals surface area contributed by atoms with E-state index in [1.165, 1.54) is 30.0 Å². The van der Waals surface area contributed by atoms with Crippen LogP contribution in [0.15, 0.2) is 28.8 Å². The maximum absolute atomic E-state index is 12.4. The molecule has 3 rings (SSSR count). The monoisotopic (exact) mass is 434 g/mol. The van der Waals surface area contributed by atoms with E-state index < -0.39 is 29.3 Å². The Hall–Kier alpha value is -0.694. The van der Waals surface area contributed by atoms with Gasteiger partial charge >= 0.3 is 57.4 Å². The first-order valence-corrected chi connectivity index (χ1v) is 9.64. The summed E-state index contributed by atoms with van der Waals surface area (Å²) in [5, 5.41) is 15.5. The number of nitrogens with one attached hydrogen (secondary N) is 1. The molecule has 0 bridgehead atoms. The minimum Gasteiger partial charge on any atom is -0.543 e. The van der Waals surface area contributed by atoms with E-state index in [1.54, 1.807) is 0 Å². The second-order valence-corrected chi connectivity index (χ2v) is 7.87. The summed E-state index contributed by atoms with van der Waals surface area (Å²) in [6, 6.07) is 2.88. The van der Waals surface area contributed by atoms with E-state index in [4.69, 9.17) is 4.74 Å². The Labute approximate surface area is 206 Å². The summed E-state index contributed by atoms with van der Waals surface area (Å²) in [6.45, 7) is 1.00. The zero-order valence-electron chi connectivity index (χ0n) is 14.7. The molecule has 138 valence electrons.